The summed E-state index contributed by atoms with van der Waals surface area (Å²) in [5.41, 5.74) is 3.46. The summed E-state index contributed by atoms with van der Waals surface area (Å²) in [6.45, 7) is 6.96. The van der Waals surface area contributed by atoms with Crippen LogP contribution in [0.25, 0.3) is 16.2 Å². The van der Waals surface area contributed by atoms with E-state index in [2.05, 4.69) is 25.8 Å². The second-order valence-corrected chi connectivity index (χ2v) is 6.59. The summed E-state index contributed by atoms with van der Waals surface area (Å²) in [5.74, 6) is 0.842. The molecule has 23 heavy (non-hydrogen) atoms. The van der Waals surface area contributed by atoms with Crippen LogP contribution in [0.2, 0.25) is 0 Å². The lowest BCUT2D eigenvalue weighted by Crippen LogP contribution is -1.97. The molecule has 0 N–H and O–H groups in total. The molecule has 4 nitrogen and oxygen atoms in total. The molecule has 5 heteroatoms. The summed E-state index contributed by atoms with van der Waals surface area (Å²) in [6, 6.07) is 7.78. The van der Waals surface area contributed by atoms with E-state index < -0.39 is 0 Å². The van der Waals surface area contributed by atoms with Crippen molar-refractivity contribution < 1.29 is 9.53 Å². The largest absolute Gasteiger partial charge is 0.494 e. The molecule has 0 fully saturated rings. The van der Waals surface area contributed by atoms with E-state index in [-0.39, 0.29) is 0 Å². The smallest absolute Gasteiger partial charge is 0.195 e. The summed E-state index contributed by atoms with van der Waals surface area (Å²) in [4.78, 5) is 18.5. The highest BCUT2D eigenvalue weighted by atomic mass is 32.1. The molecule has 0 unspecified atom stereocenters. The fourth-order valence-corrected chi connectivity index (χ4v) is 3.82. The lowest BCUT2D eigenvalue weighted by Gasteiger charge is -2.05. The third kappa shape index (κ3) is 2.77. The number of carbonyl (C=O) groups is 1. The van der Waals surface area contributed by atoms with E-state index in [1.807, 2.05) is 28.7 Å². The number of hydrogen-bond donors (Lipinski definition) is 0. The summed E-state index contributed by atoms with van der Waals surface area (Å²) in [7, 11) is 0. The van der Waals surface area contributed by atoms with Crippen molar-refractivity contribution in [2.75, 3.05) is 6.61 Å². The summed E-state index contributed by atoms with van der Waals surface area (Å²) in [5, 5.41) is 0. The third-order valence-corrected chi connectivity index (χ3v) is 4.85. The van der Waals surface area contributed by atoms with Crippen LogP contribution >= 0.6 is 11.3 Å². The molecule has 0 spiro atoms. The number of thiazole rings is 1. The fourth-order valence-electron chi connectivity index (χ4n) is 2.75. The molecular weight excluding hydrogens is 308 g/mol. The molecule has 0 aliphatic heterocycles. The summed E-state index contributed by atoms with van der Waals surface area (Å²) in [6.07, 6.45) is 2.77. The number of nitrogens with zero attached hydrogens (tertiary/aromatic N) is 2. The van der Waals surface area contributed by atoms with E-state index in [1.165, 1.54) is 4.88 Å². The average molecular weight is 328 g/mol. The van der Waals surface area contributed by atoms with Gasteiger partial charge in [-0.15, -0.1) is 11.3 Å². The molecule has 0 aliphatic rings. The maximum Gasteiger partial charge on any atom is 0.195 e. The van der Waals surface area contributed by atoms with E-state index in [4.69, 9.17) is 4.74 Å². The van der Waals surface area contributed by atoms with Gasteiger partial charge in [0.15, 0.2) is 11.2 Å². The number of imidazole rings is 1. The number of aldehydes is 1. The Morgan fingerprint density at radius 2 is 2.00 bits per heavy atom. The van der Waals surface area contributed by atoms with Gasteiger partial charge >= 0.3 is 0 Å². The second-order valence-electron chi connectivity index (χ2n) is 5.41. The number of ether oxygens (including phenoxy) is 1. The van der Waals surface area contributed by atoms with E-state index >= 15 is 0 Å². The number of hydrogen-bond acceptors (Lipinski definition) is 4. The van der Waals surface area contributed by atoms with Crippen LogP contribution in [0.4, 0.5) is 0 Å². The maximum atomic E-state index is 11.7. The first-order chi connectivity index (χ1) is 11.2. The molecule has 0 radical (unpaired) electrons. The lowest BCUT2D eigenvalue weighted by molar-refractivity contribution is 0.111. The molecule has 0 saturated carbocycles. The molecule has 2 heterocycles. The Labute approximate surface area is 139 Å². The van der Waals surface area contributed by atoms with Crippen LogP contribution in [-0.4, -0.2) is 22.3 Å². The highest BCUT2D eigenvalue weighted by molar-refractivity contribution is 7.17. The zero-order chi connectivity index (χ0) is 16.4. The highest BCUT2D eigenvalue weighted by Crippen LogP contribution is 2.31. The quantitative estimate of drug-likeness (QED) is 0.624. The number of rotatable bonds is 6. The van der Waals surface area contributed by atoms with Crippen molar-refractivity contribution in [2.24, 2.45) is 0 Å². The first-order valence-corrected chi connectivity index (χ1v) is 8.70. The number of aryl methyl sites for hydroxylation is 2. The molecule has 0 atom stereocenters. The van der Waals surface area contributed by atoms with Crippen LogP contribution in [0, 0.1) is 6.92 Å². The normalized spacial score (nSPS) is 11.1. The van der Waals surface area contributed by atoms with Crippen LogP contribution in [0.15, 0.2) is 24.3 Å². The molecule has 3 rings (SSSR count). The average Bonchev–Trinajstić information content (AvgIpc) is 3.07. The Bertz CT molecular complexity index is 831. The highest BCUT2D eigenvalue weighted by Gasteiger charge is 2.19. The Morgan fingerprint density at radius 3 is 2.61 bits per heavy atom. The molecule has 2 aromatic heterocycles. The van der Waals surface area contributed by atoms with Crippen LogP contribution in [0.1, 0.15) is 41.3 Å². The number of aromatic nitrogens is 2. The molecule has 0 bridgehead atoms. The molecule has 1 aromatic carbocycles. The predicted molar refractivity (Wildman–Crippen MR) is 93.8 cm³/mol. The van der Waals surface area contributed by atoms with Gasteiger partial charge in [0, 0.05) is 16.1 Å². The van der Waals surface area contributed by atoms with Gasteiger partial charge in [0.2, 0.25) is 0 Å². The predicted octanol–water partition coefficient (Wildman–Crippen LogP) is 4.53. The minimum atomic E-state index is 0.628. The first-order valence-electron chi connectivity index (χ1n) is 7.88. The minimum absolute atomic E-state index is 0.628. The van der Waals surface area contributed by atoms with Gasteiger partial charge in [-0.05, 0) is 44.0 Å². The van der Waals surface area contributed by atoms with Crippen LogP contribution in [0.3, 0.4) is 0 Å². The molecule has 0 saturated heterocycles. The van der Waals surface area contributed by atoms with Gasteiger partial charge in [-0.25, -0.2) is 4.98 Å². The van der Waals surface area contributed by atoms with E-state index in [1.54, 1.807) is 11.3 Å². The number of benzene rings is 1. The van der Waals surface area contributed by atoms with Crippen molar-refractivity contribution in [3.63, 3.8) is 0 Å². The number of fused-ring (bicyclic) bond motifs is 1. The molecule has 120 valence electrons. The standard InChI is InChI=1S/C18H20N2O2S/c1-4-10-22-14-8-6-13(7-9-14)17-16(11-21)20-15(5-2)12(3)23-18(20)19-17/h6-9,11H,4-5,10H2,1-3H3. The monoisotopic (exact) mass is 328 g/mol. The van der Waals surface area contributed by atoms with E-state index in [0.29, 0.717) is 12.3 Å². The van der Waals surface area contributed by atoms with Crippen LogP contribution in [0.5, 0.6) is 5.75 Å². The van der Waals surface area contributed by atoms with Crippen molar-refractivity contribution in [1.82, 2.24) is 9.38 Å². The van der Waals surface area contributed by atoms with Crippen molar-refractivity contribution in [1.29, 1.82) is 0 Å². The fraction of sp³-hybridized carbons (Fsp3) is 0.333. The van der Waals surface area contributed by atoms with Gasteiger partial charge in [-0.2, -0.15) is 0 Å². The van der Waals surface area contributed by atoms with Crippen molar-refractivity contribution in [3.8, 4) is 17.0 Å². The Balaban J connectivity index is 2.05. The molecule has 0 aliphatic carbocycles. The number of carbonyl (C=O) groups excluding carboxylic acids is 1. The Kier molecular flexibility index (Phi) is 4.48. The van der Waals surface area contributed by atoms with Gasteiger partial charge in [-0.3, -0.25) is 9.20 Å². The van der Waals surface area contributed by atoms with E-state index in [0.717, 1.165) is 46.8 Å². The Hall–Kier alpha value is -2.14. The maximum absolute atomic E-state index is 11.7. The van der Waals surface area contributed by atoms with Crippen molar-refractivity contribution in [3.05, 3.63) is 40.5 Å². The second kappa shape index (κ2) is 6.54. The zero-order valence-corrected chi connectivity index (χ0v) is 14.4. The topological polar surface area (TPSA) is 43.6 Å². The molecule has 3 aromatic rings. The van der Waals surface area contributed by atoms with E-state index in [9.17, 15) is 4.79 Å². The van der Waals surface area contributed by atoms with Crippen LogP contribution < -0.4 is 4.74 Å². The van der Waals surface area contributed by atoms with Crippen molar-refractivity contribution >= 4 is 22.6 Å². The first kappa shape index (κ1) is 15.7. The van der Waals surface area contributed by atoms with Crippen molar-refractivity contribution in [2.45, 2.75) is 33.6 Å². The SMILES string of the molecule is CCCOc1ccc(-c2nc3sc(C)c(CC)n3c2C=O)cc1. The molecule has 0 amide bonds. The van der Waals surface area contributed by atoms with Gasteiger partial charge in [0.25, 0.3) is 0 Å². The minimum Gasteiger partial charge on any atom is -0.494 e. The molecular formula is C18H20N2O2S. The lowest BCUT2D eigenvalue weighted by atomic mass is 10.1. The summed E-state index contributed by atoms with van der Waals surface area (Å²) >= 11 is 1.63. The Morgan fingerprint density at radius 1 is 1.26 bits per heavy atom. The zero-order valence-electron chi connectivity index (χ0n) is 13.6. The summed E-state index contributed by atoms with van der Waals surface area (Å²) < 4.78 is 7.60. The third-order valence-electron chi connectivity index (χ3n) is 3.85. The van der Waals surface area contributed by atoms with Gasteiger partial charge in [0.1, 0.15) is 17.1 Å². The van der Waals surface area contributed by atoms with Gasteiger partial charge < -0.3 is 4.74 Å². The van der Waals surface area contributed by atoms with Crippen LogP contribution in [-0.2, 0) is 6.42 Å². The van der Waals surface area contributed by atoms with Gasteiger partial charge in [-0.1, -0.05) is 13.8 Å². The van der Waals surface area contributed by atoms with Gasteiger partial charge in [0.05, 0.1) is 6.61 Å².